The Morgan fingerprint density at radius 1 is 0.966 bits per heavy atom. The van der Waals surface area contributed by atoms with Crippen LogP contribution in [-0.2, 0) is 16.1 Å². The maximum atomic E-state index is 13.2. The van der Waals surface area contributed by atoms with E-state index in [-0.39, 0.29) is 11.8 Å². The third kappa shape index (κ3) is 3.10. The predicted octanol–water partition coefficient (Wildman–Crippen LogP) is 2.81. The van der Waals surface area contributed by atoms with E-state index in [0.717, 1.165) is 21.6 Å². The molecule has 0 bridgehead atoms. The van der Waals surface area contributed by atoms with Gasteiger partial charge in [-0.2, -0.15) is 5.11 Å². The second-order valence-electron chi connectivity index (χ2n) is 7.17. The van der Waals surface area contributed by atoms with Crippen LogP contribution in [0.4, 0.5) is 5.69 Å². The van der Waals surface area contributed by atoms with Crippen molar-refractivity contribution in [1.82, 2.24) is 5.01 Å². The van der Waals surface area contributed by atoms with Crippen molar-refractivity contribution in [2.75, 3.05) is 19.1 Å². The van der Waals surface area contributed by atoms with Gasteiger partial charge >= 0.3 is 0 Å². The van der Waals surface area contributed by atoms with Gasteiger partial charge in [0.25, 0.3) is 11.8 Å². The van der Waals surface area contributed by atoms with E-state index in [9.17, 15) is 9.59 Å². The summed E-state index contributed by atoms with van der Waals surface area (Å²) in [6.07, 6.45) is 0. The average molecular weight is 394 g/mol. The molecule has 0 aromatic heterocycles. The monoisotopic (exact) mass is 394 g/mol. The first-order valence-corrected chi connectivity index (χ1v) is 9.28. The second kappa shape index (κ2) is 7.20. The number of hydrogen-bond acceptors (Lipinski definition) is 7. The molecule has 2 aliphatic heterocycles. The fourth-order valence-corrected chi connectivity index (χ4v) is 3.72. The third-order valence-electron chi connectivity index (χ3n) is 5.32. The van der Waals surface area contributed by atoms with E-state index in [1.54, 1.807) is 23.2 Å². The molecule has 8 heteroatoms. The molecule has 0 saturated carbocycles. The van der Waals surface area contributed by atoms with Gasteiger partial charge < -0.3 is 9.47 Å². The molecule has 0 aliphatic carbocycles. The SMILES string of the molecule is COc1ccc(N2C(=O)[C@@H]3[C@@H](N=NN3Cc3cc(C)ccc3C)C2=O)cc1OC. The zero-order valence-electron chi connectivity index (χ0n) is 16.7. The lowest BCUT2D eigenvalue weighted by atomic mass is 10.0. The van der Waals surface area contributed by atoms with Gasteiger partial charge in [0.15, 0.2) is 23.6 Å². The van der Waals surface area contributed by atoms with Crippen molar-refractivity contribution in [2.24, 2.45) is 10.3 Å². The number of imide groups is 1. The Morgan fingerprint density at radius 3 is 2.45 bits per heavy atom. The fourth-order valence-electron chi connectivity index (χ4n) is 3.72. The van der Waals surface area contributed by atoms with Crippen molar-refractivity contribution >= 4 is 17.5 Å². The fraction of sp³-hybridized carbons (Fsp3) is 0.333. The predicted molar refractivity (Wildman–Crippen MR) is 106 cm³/mol. The highest BCUT2D eigenvalue weighted by atomic mass is 16.5. The number of methoxy groups -OCH3 is 2. The Hall–Kier alpha value is -3.42. The Bertz CT molecular complexity index is 1020. The number of aryl methyl sites for hydroxylation is 2. The molecule has 0 spiro atoms. The third-order valence-corrected chi connectivity index (χ3v) is 5.32. The standard InChI is InChI=1S/C21H22N4O4/c1-12-5-6-13(2)14(9-12)11-24-19-18(22-23-24)20(26)25(21(19)27)15-7-8-16(28-3)17(10-15)29-4/h5-10,18-19H,11H2,1-4H3/t18-,19+/m1/s1. The number of anilines is 1. The Kier molecular flexibility index (Phi) is 4.70. The number of hydrogen-bond donors (Lipinski definition) is 0. The number of fused-ring (bicyclic) bond motifs is 1. The van der Waals surface area contributed by atoms with E-state index >= 15 is 0 Å². The van der Waals surface area contributed by atoms with Crippen molar-refractivity contribution < 1.29 is 19.1 Å². The Labute approximate surface area is 168 Å². The van der Waals surface area contributed by atoms with E-state index in [1.165, 1.54) is 14.2 Å². The molecule has 2 heterocycles. The van der Waals surface area contributed by atoms with Gasteiger partial charge in [-0.1, -0.05) is 29.0 Å². The highest BCUT2D eigenvalue weighted by Crippen LogP contribution is 2.37. The Morgan fingerprint density at radius 2 is 1.72 bits per heavy atom. The Balaban J connectivity index is 1.63. The molecular formula is C21H22N4O4. The highest BCUT2D eigenvalue weighted by molar-refractivity contribution is 6.25. The van der Waals surface area contributed by atoms with Crippen LogP contribution in [0.5, 0.6) is 11.5 Å². The second-order valence-corrected chi connectivity index (χ2v) is 7.17. The summed E-state index contributed by atoms with van der Waals surface area (Å²) < 4.78 is 10.5. The van der Waals surface area contributed by atoms with Crippen LogP contribution in [0.25, 0.3) is 0 Å². The quantitative estimate of drug-likeness (QED) is 0.728. The van der Waals surface area contributed by atoms with E-state index in [2.05, 4.69) is 16.4 Å². The van der Waals surface area contributed by atoms with Crippen LogP contribution in [-0.4, -0.2) is 43.1 Å². The number of carbonyl (C=O) groups is 2. The molecule has 29 heavy (non-hydrogen) atoms. The summed E-state index contributed by atoms with van der Waals surface area (Å²) in [6.45, 7) is 4.44. The lowest BCUT2D eigenvalue weighted by Crippen LogP contribution is -2.39. The molecule has 2 aliphatic rings. The molecule has 0 radical (unpaired) electrons. The van der Waals surface area contributed by atoms with Gasteiger partial charge in [0, 0.05) is 6.07 Å². The first-order chi connectivity index (χ1) is 13.9. The molecule has 150 valence electrons. The topological polar surface area (TPSA) is 83.8 Å². The lowest BCUT2D eigenvalue weighted by molar-refractivity contribution is -0.123. The molecule has 2 atom stereocenters. The van der Waals surface area contributed by atoms with Gasteiger partial charge in [0.05, 0.1) is 26.5 Å². The zero-order chi connectivity index (χ0) is 20.7. The molecule has 1 saturated heterocycles. The molecule has 2 amide bonds. The molecule has 0 N–H and O–H groups in total. The van der Waals surface area contributed by atoms with Crippen molar-refractivity contribution in [3.05, 3.63) is 53.1 Å². The maximum absolute atomic E-state index is 13.2. The smallest absolute Gasteiger partial charge is 0.263 e. The first-order valence-electron chi connectivity index (χ1n) is 9.28. The van der Waals surface area contributed by atoms with Crippen molar-refractivity contribution in [1.29, 1.82) is 0 Å². The molecule has 2 aromatic carbocycles. The minimum Gasteiger partial charge on any atom is -0.493 e. The van der Waals surface area contributed by atoms with Crippen LogP contribution in [0.2, 0.25) is 0 Å². The number of carbonyl (C=O) groups excluding carboxylic acids is 2. The van der Waals surface area contributed by atoms with Gasteiger partial charge in [-0.3, -0.25) is 14.6 Å². The van der Waals surface area contributed by atoms with Crippen LogP contribution in [0.15, 0.2) is 46.7 Å². The van der Waals surface area contributed by atoms with Gasteiger partial charge in [-0.15, -0.1) is 0 Å². The molecule has 4 rings (SSSR count). The first kappa shape index (κ1) is 18.9. The number of ether oxygens (including phenoxy) is 2. The largest absolute Gasteiger partial charge is 0.493 e. The van der Waals surface area contributed by atoms with E-state index < -0.39 is 12.1 Å². The van der Waals surface area contributed by atoms with Crippen LogP contribution in [0.3, 0.4) is 0 Å². The molecule has 0 unspecified atom stereocenters. The van der Waals surface area contributed by atoms with Gasteiger partial charge in [-0.25, -0.2) is 4.90 Å². The molecule has 1 fully saturated rings. The normalized spacial score (nSPS) is 20.4. The summed E-state index contributed by atoms with van der Waals surface area (Å²) >= 11 is 0. The van der Waals surface area contributed by atoms with Crippen molar-refractivity contribution in [3.8, 4) is 11.5 Å². The van der Waals surface area contributed by atoms with Crippen LogP contribution in [0.1, 0.15) is 16.7 Å². The minimum absolute atomic E-state index is 0.345. The summed E-state index contributed by atoms with van der Waals surface area (Å²) in [5.74, 6) is 0.227. The van der Waals surface area contributed by atoms with Gasteiger partial charge in [-0.05, 0) is 37.1 Å². The van der Waals surface area contributed by atoms with E-state index in [0.29, 0.717) is 23.7 Å². The minimum atomic E-state index is -0.833. The zero-order valence-corrected chi connectivity index (χ0v) is 16.7. The summed E-state index contributed by atoms with van der Waals surface area (Å²) in [5, 5.41) is 9.82. The molecular weight excluding hydrogens is 372 g/mol. The van der Waals surface area contributed by atoms with E-state index in [4.69, 9.17) is 9.47 Å². The van der Waals surface area contributed by atoms with Crippen LogP contribution >= 0.6 is 0 Å². The van der Waals surface area contributed by atoms with Crippen molar-refractivity contribution in [3.63, 3.8) is 0 Å². The van der Waals surface area contributed by atoms with Crippen LogP contribution < -0.4 is 14.4 Å². The van der Waals surface area contributed by atoms with Gasteiger partial charge in [0.1, 0.15) is 0 Å². The van der Waals surface area contributed by atoms with Crippen LogP contribution in [0, 0.1) is 13.8 Å². The maximum Gasteiger partial charge on any atom is 0.263 e. The average Bonchev–Trinajstić information content (AvgIpc) is 3.24. The highest BCUT2D eigenvalue weighted by Gasteiger charge is 2.54. The number of nitrogens with zero attached hydrogens (tertiary/aromatic N) is 4. The van der Waals surface area contributed by atoms with E-state index in [1.807, 2.05) is 26.0 Å². The molecule has 2 aromatic rings. The molecule has 8 nitrogen and oxygen atoms in total. The van der Waals surface area contributed by atoms with Gasteiger partial charge in [0.2, 0.25) is 0 Å². The number of rotatable bonds is 5. The summed E-state index contributed by atoms with van der Waals surface area (Å²) in [6, 6.07) is 9.50. The number of amides is 2. The summed E-state index contributed by atoms with van der Waals surface area (Å²) in [4.78, 5) is 27.3. The lowest BCUT2D eigenvalue weighted by Gasteiger charge is -2.22. The summed E-state index contributed by atoms with van der Waals surface area (Å²) in [7, 11) is 3.03. The number of benzene rings is 2. The van der Waals surface area contributed by atoms with Crippen molar-refractivity contribution in [2.45, 2.75) is 32.5 Å². The summed E-state index contributed by atoms with van der Waals surface area (Å²) in [5.41, 5.74) is 3.70.